The topological polar surface area (TPSA) is 55.1 Å². The summed E-state index contributed by atoms with van der Waals surface area (Å²) in [5.74, 6) is 0. The van der Waals surface area contributed by atoms with Crippen molar-refractivity contribution in [2.45, 2.75) is 25.4 Å². The van der Waals surface area contributed by atoms with Crippen molar-refractivity contribution in [1.29, 1.82) is 0 Å². The summed E-state index contributed by atoms with van der Waals surface area (Å²) in [4.78, 5) is 0. The van der Waals surface area contributed by atoms with Crippen LogP contribution in [0.1, 0.15) is 24.9 Å². The predicted molar refractivity (Wildman–Crippen MR) is 115 cm³/mol. The molecule has 0 heterocycles. The van der Waals surface area contributed by atoms with Crippen molar-refractivity contribution in [1.82, 2.24) is 5.09 Å². The summed E-state index contributed by atoms with van der Waals surface area (Å²) in [6.45, 7) is 2.03. The smallest absolute Gasteiger partial charge is 0.205 e. The number of hydrogen-bond acceptors (Lipinski definition) is 2. The van der Waals surface area contributed by atoms with Crippen LogP contribution in [0.4, 0.5) is 0 Å². The van der Waals surface area contributed by atoms with Crippen LogP contribution in [0.3, 0.4) is 0 Å². The highest BCUT2D eigenvalue weighted by atomic mass is 35.5. The Morgan fingerprint density at radius 2 is 1.37 bits per heavy atom. The maximum absolute atomic E-state index is 14.3. The van der Waals surface area contributed by atoms with Gasteiger partial charge in [0, 0.05) is 21.7 Å². The Morgan fingerprint density at radius 3 is 1.81 bits per heavy atom. The molecule has 3 aromatic rings. The van der Waals surface area contributed by atoms with Crippen molar-refractivity contribution in [3.05, 3.63) is 95.5 Å². The fourth-order valence-corrected chi connectivity index (χ4v) is 5.73. The van der Waals surface area contributed by atoms with E-state index in [1.165, 1.54) is 0 Å². The highest BCUT2D eigenvalue weighted by Gasteiger charge is 2.32. The molecule has 0 bridgehead atoms. The summed E-state index contributed by atoms with van der Waals surface area (Å²) < 4.78 is 14.3. The third kappa shape index (κ3) is 4.51. The van der Waals surface area contributed by atoms with Gasteiger partial charge in [0.1, 0.15) is 0 Å². The van der Waals surface area contributed by atoms with Gasteiger partial charge in [-0.25, -0.2) is 0 Å². The molecule has 0 aliphatic carbocycles. The average molecular weight is 399 g/mol. The molecule has 140 valence electrons. The largest absolute Gasteiger partial charge is 0.326 e. The standard InChI is InChI=1S/C22H24ClN2OP/c1-2-21(24)22(17-13-15-18(23)16-14-17)25-27(26,19-9-5-3-6-10-19)20-11-7-4-8-12-20/h3-16,21-22H,2,24H2,1H3,(H,25,26)/t21-,22+/m0/s1. The fourth-order valence-electron chi connectivity index (χ4n) is 3.09. The second-order valence-electron chi connectivity index (χ2n) is 6.51. The number of nitrogens with one attached hydrogen (secondary N) is 1. The molecule has 0 fully saturated rings. The van der Waals surface area contributed by atoms with Crippen molar-refractivity contribution < 1.29 is 4.57 Å². The molecule has 0 aliphatic heterocycles. The third-order valence-electron chi connectivity index (χ3n) is 4.69. The van der Waals surface area contributed by atoms with Crippen LogP contribution in [0, 0.1) is 0 Å². The minimum atomic E-state index is -3.09. The lowest BCUT2D eigenvalue weighted by Gasteiger charge is -2.30. The van der Waals surface area contributed by atoms with Gasteiger partial charge in [0.25, 0.3) is 0 Å². The maximum atomic E-state index is 14.3. The van der Waals surface area contributed by atoms with Crippen molar-refractivity contribution in [2.24, 2.45) is 5.73 Å². The number of halogens is 1. The Bertz CT molecular complexity index is 857. The van der Waals surface area contributed by atoms with E-state index in [1.807, 2.05) is 91.9 Å². The van der Waals surface area contributed by atoms with E-state index in [0.29, 0.717) is 5.02 Å². The normalized spacial score (nSPS) is 13.9. The van der Waals surface area contributed by atoms with E-state index in [2.05, 4.69) is 5.09 Å². The van der Waals surface area contributed by atoms with Gasteiger partial charge >= 0.3 is 0 Å². The van der Waals surface area contributed by atoms with Gasteiger partial charge in [0.15, 0.2) is 0 Å². The van der Waals surface area contributed by atoms with Gasteiger partial charge in [-0.1, -0.05) is 67.1 Å². The van der Waals surface area contributed by atoms with E-state index in [0.717, 1.165) is 22.6 Å². The van der Waals surface area contributed by atoms with E-state index in [-0.39, 0.29) is 12.1 Å². The Morgan fingerprint density at radius 1 is 0.889 bits per heavy atom. The minimum Gasteiger partial charge on any atom is -0.326 e. The lowest BCUT2D eigenvalue weighted by atomic mass is 9.99. The van der Waals surface area contributed by atoms with Crippen LogP contribution in [0.15, 0.2) is 84.9 Å². The van der Waals surface area contributed by atoms with Crippen LogP contribution in [0.2, 0.25) is 5.02 Å². The van der Waals surface area contributed by atoms with Gasteiger partial charge in [0.2, 0.25) is 7.29 Å². The number of nitrogens with two attached hydrogens (primary N) is 1. The molecular weight excluding hydrogens is 375 g/mol. The zero-order chi connectivity index (χ0) is 19.3. The van der Waals surface area contributed by atoms with Crippen LogP contribution in [-0.4, -0.2) is 6.04 Å². The van der Waals surface area contributed by atoms with Crippen LogP contribution in [-0.2, 0) is 4.57 Å². The molecule has 0 spiro atoms. The van der Waals surface area contributed by atoms with E-state index in [9.17, 15) is 4.57 Å². The Hall–Kier alpha value is -1.90. The third-order valence-corrected chi connectivity index (χ3v) is 7.63. The van der Waals surface area contributed by atoms with Crippen molar-refractivity contribution in [3.63, 3.8) is 0 Å². The molecule has 2 atom stereocenters. The molecule has 3 rings (SSSR count). The van der Waals surface area contributed by atoms with Gasteiger partial charge in [-0.15, -0.1) is 0 Å². The second-order valence-corrected chi connectivity index (χ2v) is 9.46. The molecule has 0 aromatic heterocycles. The molecule has 0 saturated heterocycles. The maximum Gasteiger partial charge on any atom is 0.205 e. The second kappa shape index (κ2) is 8.86. The molecule has 3 aromatic carbocycles. The van der Waals surface area contributed by atoms with E-state index >= 15 is 0 Å². The predicted octanol–water partition coefficient (Wildman–Crippen LogP) is 4.64. The van der Waals surface area contributed by atoms with Crippen molar-refractivity contribution >= 4 is 29.5 Å². The summed E-state index contributed by atoms with van der Waals surface area (Å²) in [5, 5.41) is 5.63. The quantitative estimate of drug-likeness (QED) is 0.570. The van der Waals surface area contributed by atoms with Gasteiger partial charge in [-0.05, 0) is 48.4 Å². The summed E-state index contributed by atoms with van der Waals surface area (Å²) in [6.07, 6.45) is 0.754. The van der Waals surface area contributed by atoms with E-state index < -0.39 is 7.29 Å². The average Bonchev–Trinajstić information content (AvgIpc) is 2.73. The molecule has 27 heavy (non-hydrogen) atoms. The molecule has 0 amide bonds. The van der Waals surface area contributed by atoms with Gasteiger partial charge < -0.3 is 5.73 Å². The zero-order valence-corrected chi connectivity index (χ0v) is 16.9. The molecular formula is C22H24ClN2OP. The summed E-state index contributed by atoms with van der Waals surface area (Å²) in [6, 6.07) is 26.2. The summed E-state index contributed by atoms with van der Waals surface area (Å²) in [7, 11) is -3.09. The van der Waals surface area contributed by atoms with Crippen LogP contribution >= 0.6 is 18.9 Å². The SMILES string of the molecule is CC[C@H](N)[C@H](NP(=O)(c1ccccc1)c1ccccc1)c1ccc(Cl)cc1. The molecule has 3 N–H and O–H groups in total. The molecule has 0 saturated carbocycles. The lowest BCUT2D eigenvalue weighted by Crippen LogP contribution is -2.40. The first kappa shape index (κ1) is 19.9. The van der Waals surface area contributed by atoms with Crippen LogP contribution in [0.25, 0.3) is 0 Å². The highest BCUT2D eigenvalue weighted by molar-refractivity contribution is 7.76. The Balaban J connectivity index is 2.08. The first-order chi connectivity index (χ1) is 13.0. The van der Waals surface area contributed by atoms with Crippen molar-refractivity contribution in [3.8, 4) is 0 Å². The van der Waals surface area contributed by atoms with Crippen LogP contribution in [0.5, 0.6) is 0 Å². The zero-order valence-electron chi connectivity index (χ0n) is 15.3. The summed E-state index contributed by atoms with van der Waals surface area (Å²) >= 11 is 6.05. The lowest BCUT2D eigenvalue weighted by molar-refractivity contribution is 0.486. The van der Waals surface area contributed by atoms with Gasteiger partial charge in [-0.3, -0.25) is 9.65 Å². The highest BCUT2D eigenvalue weighted by Crippen LogP contribution is 2.42. The summed E-state index contributed by atoms with van der Waals surface area (Å²) in [5.41, 5.74) is 7.41. The number of benzene rings is 3. The molecule has 0 aliphatic rings. The van der Waals surface area contributed by atoms with Gasteiger partial charge in [0.05, 0.1) is 6.04 Å². The van der Waals surface area contributed by atoms with Crippen molar-refractivity contribution in [2.75, 3.05) is 0 Å². The minimum absolute atomic E-state index is 0.188. The van der Waals surface area contributed by atoms with Crippen LogP contribution < -0.4 is 21.4 Å². The molecule has 3 nitrogen and oxygen atoms in total. The number of rotatable bonds is 7. The monoisotopic (exact) mass is 398 g/mol. The Labute approximate surface area is 166 Å². The first-order valence-corrected chi connectivity index (χ1v) is 11.1. The fraction of sp³-hybridized carbons (Fsp3) is 0.182. The molecule has 0 radical (unpaired) electrons. The molecule has 0 unspecified atom stereocenters. The first-order valence-electron chi connectivity index (χ1n) is 9.04. The van der Waals surface area contributed by atoms with E-state index in [1.54, 1.807) is 0 Å². The number of hydrogen-bond donors (Lipinski definition) is 2. The Kier molecular flexibility index (Phi) is 6.51. The van der Waals surface area contributed by atoms with Gasteiger partial charge in [-0.2, -0.15) is 0 Å². The van der Waals surface area contributed by atoms with E-state index in [4.69, 9.17) is 17.3 Å². The molecule has 5 heteroatoms.